The number of aromatic nitrogens is 1. The number of oxime groups is 1. The highest BCUT2D eigenvalue weighted by molar-refractivity contribution is 5.86. The lowest BCUT2D eigenvalue weighted by Crippen LogP contribution is -2.20. The molecule has 1 aromatic heterocycles. The van der Waals surface area contributed by atoms with E-state index in [9.17, 15) is 0 Å². The van der Waals surface area contributed by atoms with E-state index in [2.05, 4.69) is 15.0 Å². The van der Waals surface area contributed by atoms with Gasteiger partial charge in [0.1, 0.15) is 5.82 Å². The summed E-state index contributed by atoms with van der Waals surface area (Å²) in [5.41, 5.74) is 1.97. The molecule has 1 fully saturated rings. The maximum absolute atomic E-state index is 8.60. The van der Waals surface area contributed by atoms with Crippen LogP contribution in [0.4, 0.5) is 5.82 Å². The van der Waals surface area contributed by atoms with Gasteiger partial charge in [-0.25, -0.2) is 4.98 Å². The number of rotatable bonds is 2. The van der Waals surface area contributed by atoms with E-state index in [0.29, 0.717) is 0 Å². The zero-order chi connectivity index (χ0) is 10.7. The van der Waals surface area contributed by atoms with Gasteiger partial charge in [-0.05, 0) is 31.4 Å². The number of aryl methyl sites for hydroxylation is 1. The lowest BCUT2D eigenvalue weighted by molar-refractivity contribution is 0.322. The third-order valence-electron chi connectivity index (χ3n) is 2.63. The van der Waals surface area contributed by atoms with Crippen LogP contribution in [-0.2, 0) is 0 Å². The molecule has 4 nitrogen and oxygen atoms in total. The molecule has 80 valence electrons. The molecular formula is C11H15N3O. The predicted octanol–water partition coefficient (Wildman–Crippen LogP) is 1.80. The van der Waals surface area contributed by atoms with Crippen molar-refractivity contribution in [2.45, 2.75) is 19.8 Å². The van der Waals surface area contributed by atoms with E-state index >= 15 is 0 Å². The Bertz CT molecular complexity index is 370. The molecule has 0 saturated carbocycles. The second-order valence-electron chi connectivity index (χ2n) is 3.86. The lowest BCUT2D eigenvalue weighted by Gasteiger charge is -2.18. The maximum atomic E-state index is 8.60. The van der Waals surface area contributed by atoms with Crippen molar-refractivity contribution >= 4 is 12.0 Å². The van der Waals surface area contributed by atoms with E-state index in [-0.39, 0.29) is 0 Å². The molecule has 2 rings (SSSR count). The minimum absolute atomic E-state index is 0.888. The SMILES string of the molecule is Cc1cnc(N2CCCC2)c(/C=N/O)c1. The third kappa shape index (κ3) is 2.09. The first-order valence-corrected chi connectivity index (χ1v) is 5.20. The molecule has 4 heteroatoms. The van der Waals surface area contributed by atoms with Gasteiger partial charge in [-0.3, -0.25) is 0 Å². The molecule has 0 aliphatic carbocycles. The summed E-state index contributed by atoms with van der Waals surface area (Å²) in [4.78, 5) is 6.64. The first-order valence-electron chi connectivity index (χ1n) is 5.20. The van der Waals surface area contributed by atoms with Crippen LogP contribution in [0.2, 0.25) is 0 Å². The minimum atomic E-state index is 0.888. The van der Waals surface area contributed by atoms with Crippen LogP contribution in [0.5, 0.6) is 0 Å². The Balaban J connectivity index is 2.35. The molecule has 1 saturated heterocycles. The summed E-state index contributed by atoms with van der Waals surface area (Å²) in [7, 11) is 0. The quantitative estimate of drug-likeness (QED) is 0.455. The number of nitrogens with zero attached hydrogens (tertiary/aromatic N) is 3. The van der Waals surface area contributed by atoms with Crippen LogP contribution in [0.15, 0.2) is 17.4 Å². The molecular weight excluding hydrogens is 190 g/mol. The Labute approximate surface area is 89.2 Å². The van der Waals surface area contributed by atoms with Crippen molar-refractivity contribution in [3.05, 3.63) is 23.4 Å². The Morgan fingerprint density at radius 1 is 1.47 bits per heavy atom. The molecule has 0 aromatic carbocycles. The van der Waals surface area contributed by atoms with Crippen molar-refractivity contribution in [1.82, 2.24) is 4.98 Å². The zero-order valence-corrected chi connectivity index (χ0v) is 8.85. The van der Waals surface area contributed by atoms with Gasteiger partial charge < -0.3 is 10.1 Å². The standard InChI is InChI=1S/C11H15N3O/c1-9-6-10(8-13-15)11(12-7-9)14-4-2-3-5-14/h6-8,15H,2-5H2,1H3/b13-8+. The van der Waals surface area contributed by atoms with Crippen LogP contribution in [0.3, 0.4) is 0 Å². The molecule has 1 N–H and O–H groups in total. The fraction of sp³-hybridized carbons (Fsp3) is 0.455. The molecule has 2 heterocycles. The molecule has 0 radical (unpaired) electrons. The summed E-state index contributed by atoms with van der Waals surface area (Å²) < 4.78 is 0. The second kappa shape index (κ2) is 4.29. The molecule has 0 atom stereocenters. The number of pyridine rings is 1. The second-order valence-corrected chi connectivity index (χ2v) is 3.86. The van der Waals surface area contributed by atoms with E-state index in [0.717, 1.165) is 30.0 Å². The van der Waals surface area contributed by atoms with E-state index < -0.39 is 0 Å². The van der Waals surface area contributed by atoms with Gasteiger partial charge in [-0.15, -0.1) is 0 Å². The summed E-state index contributed by atoms with van der Waals surface area (Å²) in [6.07, 6.45) is 5.73. The monoisotopic (exact) mass is 205 g/mol. The van der Waals surface area contributed by atoms with Crippen molar-refractivity contribution in [3.63, 3.8) is 0 Å². The van der Waals surface area contributed by atoms with Gasteiger partial charge in [-0.2, -0.15) is 0 Å². The van der Waals surface area contributed by atoms with Gasteiger partial charge in [0.25, 0.3) is 0 Å². The highest BCUT2D eigenvalue weighted by Gasteiger charge is 2.16. The maximum Gasteiger partial charge on any atom is 0.137 e. The van der Waals surface area contributed by atoms with Crippen LogP contribution >= 0.6 is 0 Å². The summed E-state index contributed by atoms with van der Waals surface area (Å²) in [5.74, 6) is 0.927. The third-order valence-corrected chi connectivity index (χ3v) is 2.63. The molecule has 0 unspecified atom stereocenters. The summed E-state index contributed by atoms with van der Waals surface area (Å²) in [5, 5.41) is 11.7. The van der Waals surface area contributed by atoms with Gasteiger partial charge in [0.05, 0.1) is 6.21 Å². The Hall–Kier alpha value is -1.58. The summed E-state index contributed by atoms with van der Waals surface area (Å²) in [6, 6.07) is 1.99. The predicted molar refractivity (Wildman–Crippen MR) is 59.8 cm³/mol. The van der Waals surface area contributed by atoms with E-state index in [1.165, 1.54) is 19.1 Å². The molecule has 0 bridgehead atoms. The summed E-state index contributed by atoms with van der Waals surface area (Å²) in [6.45, 7) is 4.07. The van der Waals surface area contributed by atoms with Crippen LogP contribution < -0.4 is 4.90 Å². The Morgan fingerprint density at radius 3 is 2.87 bits per heavy atom. The highest BCUT2D eigenvalue weighted by atomic mass is 16.4. The lowest BCUT2D eigenvalue weighted by atomic mass is 10.2. The van der Waals surface area contributed by atoms with Crippen LogP contribution in [0.1, 0.15) is 24.0 Å². The first-order chi connectivity index (χ1) is 7.31. The van der Waals surface area contributed by atoms with Gasteiger partial charge in [-0.1, -0.05) is 5.16 Å². The first kappa shape index (κ1) is 9.96. The largest absolute Gasteiger partial charge is 0.411 e. The van der Waals surface area contributed by atoms with Crippen LogP contribution in [0, 0.1) is 6.92 Å². The normalized spacial score (nSPS) is 16.5. The van der Waals surface area contributed by atoms with Crippen molar-refractivity contribution in [1.29, 1.82) is 0 Å². The van der Waals surface area contributed by atoms with Gasteiger partial charge in [0.15, 0.2) is 0 Å². The Kier molecular flexibility index (Phi) is 2.85. The average Bonchev–Trinajstić information content (AvgIpc) is 2.71. The molecule has 0 amide bonds. The minimum Gasteiger partial charge on any atom is -0.411 e. The molecule has 0 spiro atoms. The number of anilines is 1. The van der Waals surface area contributed by atoms with Crippen molar-refractivity contribution in [3.8, 4) is 0 Å². The average molecular weight is 205 g/mol. The van der Waals surface area contributed by atoms with E-state index in [1.807, 2.05) is 19.2 Å². The molecule has 15 heavy (non-hydrogen) atoms. The van der Waals surface area contributed by atoms with Crippen LogP contribution in [0.25, 0.3) is 0 Å². The molecule has 1 aliphatic heterocycles. The molecule has 1 aliphatic rings. The highest BCUT2D eigenvalue weighted by Crippen LogP contribution is 2.21. The van der Waals surface area contributed by atoms with E-state index in [4.69, 9.17) is 5.21 Å². The van der Waals surface area contributed by atoms with Crippen LogP contribution in [-0.4, -0.2) is 29.5 Å². The fourth-order valence-electron chi connectivity index (χ4n) is 1.93. The van der Waals surface area contributed by atoms with Crippen molar-refractivity contribution in [2.75, 3.05) is 18.0 Å². The fourth-order valence-corrected chi connectivity index (χ4v) is 1.93. The van der Waals surface area contributed by atoms with Crippen molar-refractivity contribution in [2.24, 2.45) is 5.16 Å². The summed E-state index contributed by atoms with van der Waals surface area (Å²) >= 11 is 0. The smallest absolute Gasteiger partial charge is 0.137 e. The van der Waals surface area contributed by atoms with E-state index in [1.54, 1.807) is 0 Å². The zero-order valence-electron chi connectivity index (χ0n) is 8.85. The number of hydrogen-bond acceptors (Lipinski definition) is 4. The number of hydrogen-bond donors (Lipinski definition) is 1. The molecule has 1 aromatic rings. The topological polar surface area (TPSA) is 48.7 Å². The Morgan fingerprint density at radius 2 is 2.20 bits per heavy atom. The van der Waals surface area contributed by atoms with Gasteiger partial charge >= 0.3 is 0 Å². The van der Waals surface area contributed by atoms with Gasteiger partial charge in [0.2, 0.25) is 0 Å². The van der Waals surface area contributed by atoms with Gasteiger partial charge in [0, 0.05) is 24.8 Å². The van der Waals surface area contributed by atoms with Crippen molar-refractivity contribution < 1.29 is 5.21 Å².